The van der Waals surface area contributed by atoms with Crippen LogP contribution in [0.1, 0.15) is 11.1 Å². The van der Waals surface area contributed by atoms with Gasteiger partial charge < -0.3 is 14.8 Å². The van der Waals surface area contributed by atoms with E-state index in [9.17, 15) is 19.2 Å². The molecule has 1 N–H and O–H groups in total. The summed E-state index contributed by atoms with van der Waals surface area (Å²) in [5.41, 5.74) is 2.06. The maximum absolute atomic E-state index is 12.4. The number of benzene rings is 2. The normalized spacial score (nSPS) is 14.6. The summed E-state index contributed by atoms with van der Waals surface area (Å²) in [6, 6.07) is 11.9. The summed E-state index contributed by atoms with van der Waals surface area (Å²) in [7, 11) is 1.18. The number of carbonyl (C=O) groups excluding carboxylic acids is 4. The molecule has 1 fully saturated rings. The molecule has 1 saturated heterocycles. The summed E-state index contributed by atoms with van der Waals surface area (Å²) in [5.74, 6) is -1.22. The van der Waals surface area contributed by atoms with E-state index in [1.54, 1.807) is 42.5 Å². The van der Waals surface area contributed by atoms with E-state index < -0.39 is 23.7 Å². The number of amides is 3. The van der Waals surface area contributed by atoms with Crippen LogP contribution >= 0.6 is 23.4 Å². The number of methoxy groups -OCH3 is 1. The van der Waals surface area contributed by atoms with E-state index in [0.29, 0.717) is 22.0 Å². The molecule has 0 aliphatic carbocycles. The summed E-state index contributed by atoms with van der Waals surface area (Å²) >= 11 is 6.79. The van der Waals surface area contributed by atoms with Crippen LogP contribution in [-0.2, 0) is 19.1 Å². The molecule has 1 aliphatic rings. The molecule has 8 nitrogen and oxygen atoms in total. The average molecular weight is 475 g/mol. The number of rotatable bonds is 7. The van der Waals surface area contributed by atoms with E-state index in [-0.39, 0.29) is 17.4 Å². The van der Waals surface area contributed by atoms with Gasteiger partial charge in [0.05, 0.1) is 12.0 Å². The number of imide groups is 1. The van der Waals surface area contributed by atoms with Crippen LogP contribution < -0.4 is 10.1 Å². The summed E-state index contributed by atoms with van der Waals surface area (Å²) in [6.45, 7) is 1.19. The zero-order chi connectivity index (χ0) is 23.3. The van der Waals surface area contributed by atoms with E-state index >= 15 is 0 Å². The Hall–Kier alpha value is -3.30. The Morgan fingerprint density at radius 1 is 1.19 bits per heavy atom. The molecule has 2 aromatic carbocycles. The number of thioether (sulfide) groups is 1. The van der Waals surface area contributed by atoms with E-state index in [1.807, 2.05) is 6.92 Å². The minimum Gasteiger partial charge on any atom is -0.484 e. The van der Waals surface area contributed by atoms with Gasteiger partial charge >= 0.3 is 5.97 Å². The summed E-state index contributed by atoms with van der Waals surface area (Å²) in [5, 5.41) is 2.70. The second-order valence-corrected chi connectivity index (χ2v) is 8.12. The Labute approximate surface area is 193 Å². The highest BCUT2D eigenvalue weighted by Gasteiger charge is 2.36. The maximum Gasteiger partial charge on any atom is 0.325 e. The number of nitrogens with one attached hydrogen (secondary N) is 1. The van der Waals surface area contributed by atoms with Gasteiger partial charge in [-0.3, -0.25) is 24.1 Å². The monoisotopic (exact) mass is 474 g/mol. The van der Waals surface area contributed by atoms with Gasteiger partial charge in [-0.1, -0.05) is 29.8 Å². The summed E-state index contributed by atoms with van der Waals surface area (Å²) < 4.78 is 10.0. The van der Waals surface area contributed by atoms with Gasteiger partial charge in [0, 0.05) is 10.7 Å². The standard InChI is InChI=1S/C22H19ClN2O6S/c1-13-6-7-15(10-17(13)23)24-19(26)12-31-16-5-3-4-14(8-16)9-18-21(28)25(22(29)32-18)11-20(27)30-2/h3-10H,11-12H2,1-2H3,(H,24,26)/b18-9-. The average Bonchev–Trinajstić information content (AvgIpc) is 3.02. The van der Waals surface area contributed by atoms with Crippen molar-refractivity contribution in [2.24, 2.45) is 0 Å². The molecule has 0 bridgehead atoms. The van der Waals surface area contributed by atoms with Crippen LogP contribution in [0.5, 0.6) is 5.75 Å². The van der Waals surface area contributed by atoms with Gasteiger partial charge in [0.1, 0.15) is 12.3 Å². The molecule has 166 valence electrons. The fourth-order valence-electron chi connectivity index (χ4n) is 2.69. The molecule has 1 aliphatic heterocycles. The zero-order valence-corrected chi connectivity index (χ0v) is 18.8. The molecule has 0 atom stereocenters. The van der Waals surface area contributed by atoms with Gasteiger partial charge in [-0.25, -0.2) is 0 Å². The van der Waals surface area contributed by atoms with Crippen molar-refractivity contribution in [1.82, 2.24) is 4.90 Å². The highest BCUT2D eigenvalue weighted by atomic mass is 35.5. The number of esters is 1. The number of halogens is 1. The molecule has 0 saturated carbocycles. The lowest BCUT2D eigenvalue weighted by atomic mass is 10.2. The van der Waals surface area contributed by atoms with E-state index in [1.165, 1.54) is 13.2 Å². The first-order chi connectivity index (χ1) is 15.3. The molecular formula is C22H19ClN2O6S. The first-order valence-electron chi connectivity index (χ1n) is 9.38. The number of hydrogen-bond acceptors (Lipinski definition) is 7. The molecule has 0 radical (unpaired) electrons. The van der Waals surface area contributed by atoms with Gasteiger partial charge in [0.2, 0.25) is 0 Å². The van der Waals surface area contributed by atoms with E-state index in [2.05, 4.69) is 10.1 Å². The van der Waals surface area contributed by atoms with Gasteiger partial charge in [-0.05, 0) is 60.2 Å². The molecule has 1 heterocycles. The Kier molecular flexibility index (Phi) is 7.55. The molecule has 3 rings (SSSR count). The fraction of sp³-hybridized carbons (Fsp3) is 0.182. The van der Waals surface area contributed by atoms with Crippen molar-refractivity contribution < 1.29 is 28.7 Å². The molecule has 0 spiro atoms. The largest absolute Gasteiger partial charge is 0.484 e. The molecule has 0 aromatic heterocycles. The first-order valence-corrected chi connectivity index (χ1v) is 10.6. The van der Waals surface area contributed by atoms with Crippen molar-refractivity contribution in [1.29, 1.82) is 0 Å². The SMILES string of the molecule is COC(=O)CN1C(=O)S/C(=C\c2cccc(OCC(=O)Nc3ccc(C)c(Cl)c3)c2)C1=O. The smallest absolute Gasteiger partial charge is 0.325 e. The lowest BCUT2D eigenvalue weighted by molar-refractivity contribution is -0.143. The second-order valence-electron chi connectivity index (χ2n) is 6.72. The van der Waals surface area contributed by atoms with E-state index in [4.69, 9.17) is 16.3 Å². The lowest BCUT2D eigenvalue weighted by Crippen LogP contribution is -2.34. The highest BCUT2D eigenvalue weighted by Crippen LogP contribution is 2.32. The van der Waals surface area contributed by atoms with Crippen LogP contribution in [0.2, 0.25) is 5.02 Å². The van der Waals surface area contributed by atoms with Gasteiger partial charge in [0.25, 0.3) is 17.1 Å². The molecular weight excluding hydrogens is 456 g/mol. The molecule has 10 heteroatoms. The van der Waals surface area contributed by atoms with Crippen molar-refractivity contribution in [2.75, 3.05) is 25.6 Å². The zero-order valence-electron chi connectivity index (χ0n) is 17.2. The van der Waals surface area contributed by atoms with Crippen LogP contribution in [0, 0.1) is 6.92 Å². The van der Waals surface area contributed by atoms with Crippen molar-refractivity contribution in [3.63, 3.8) is 0 Å². The van der Waals surface area contributed by atoms with Gasteiger partial charge in [-0.15, -0.1) is 0 Å². The van der Waals surface area contributed by atoms with Crippen molar-refractivity contribution in [3.8, 4) is 5.75 Å². The van der Waals surface area contributed by atoms with Crippen molar-refractivity contribution in [2.45, 2.75) is 6.92 Å². The lowest BCUT2D eigenvalue weighted by Gasteiger charge is -2.10. The Balaban J connectivity index is 1.62. The predicted molar refractivity (Wildman–Crippen MR) is 121 cm³/mol. The third-order valence-electron chi connectivity index (χ3n) is 4.37. The minimum absolute atomic E-state index is 0.171. The maximum atomic E-state index is 12.4. The Morgan fingerprint density at radius 3 is 2.69 bits per heavy atom. The van der Waals surface area contributed by atoms with Crippen LogP contribution in [0.25, 0.3) is 6.08 Å². The minimum atomic E-state index is -0.685. The first kappa shape index (κ1) is 23.4. The molecule has 3 amide bonds. The van der Waals surface area contributed by atoms with Crippen molar-refractivity contribution in [3.05, 3.63) is 63.5 Å². The van der Waals surface area contributed by atoms with Gasteiger partial charge in [-0.2, -0.15) is 0 Å². The number of ether oxygens (including phenoxy) is 2. The quantitative estimate of drug-likeness (QED) is 0.480. The van der Waals surface area contributed by atoms with Crippen LogP contribution in [0.4, 0.5) is 10.5 Å². The number of anilines is 1. The van der Waals surface area contributed by atoms with Crippen LogP contribution in [0.3, 0.4) is 0 Å². The molecule has 32 heavy (non-hydrogen) atoms. The number of nitrogens with zero attached hydrogens (tertiary/aromatic N) is 1. The Morgan fingerprint density at radius 2 is 1.97 bits per heavy atom. The number of carbonyl (C=O) groups is 4. The topological polar surface area (TPSA) is 102 Å². The van der Waals surface area contributed by atoms with E-state index in [0.717, 1.165) is 22.2 Å². The third-order valence-corrected chi connectivity index (χ3v) is 5.68. The molecule has 0 unspecified atom stereocenters. The summed E-state index contributed by atoms with van der Waals surface area (Å²) in [4.78, 5) is 49.0. The highest BCUT2D eigenvalue weighted by molar-refractivity contribution is 8.18. The third kappa shape index (κ3) is 5.89. The fourth-order valence-corrected chi connectivity index (χ4v) is 3.71. The van der Waals surface area contributed by atoms with Crippen molar-refractivity contribution >= 4 is 58.1 Å². The summed E-state index contributed by atoms with van der Waals surface area (Å²) in [6.07, 6.45) is 1.52. The van der Waals surface area contributed by atoms with Crippen LogP contribution in [0.15, 0.2) is 47.4 Å². The second kappa shape index (κ2) is 10.3. The number of aryl methyl sites for hydroxylation is 1. The number of hydrogen-bond donors (Lipinski definition) is 1. The van der Waals surface area contributed by atoms with Gasteiger partial charge in [0.15, 0.2) is 6.61 Å². The predicted octanol–water partition coefficient (Wildman–Crippen LogP) is 3.88. The molecule has 2 aromatic rings. The Bertz CT molecular complexity index is 1120. The van der Waals surface area contributed by atoms with Crippen LogP contribution in [-0.4, -0.2) is 48.2 Å².